The van der Waals surface area contributed by atoms with Crippen molar-refractivity contribution in [3.63, 3.8) is 0 Å². The molecule has 0 saturated carbocycles. The van der Waals surface area contributed by atoms with Gasteiger partial charge in [-0.15, -0.1) is 0 Å². The number of aromatic nitrogens is 2. The van der Waals surface area contributed by atoms with Crippen LogP contribution in [0.3, 0.4) is 0 Å². The largest absolute Gasteiger partial charge is 0.496 e. The van der Waals surface area contributed by atoms with Crippen LogP contribution in [0.25, 0.3) is 11.3 Å². The number of hydrogen-bond donors (Lipinski definition) is 2. The molecule has 2 rings (SSSR count). The van der Waals surface area contributed by atoms with Crippen LogP contribution < -0.4 is 10.5 Å². The van der Waals surface area contributed by atoms with E-state index in [1.807, 2.05) is 6.07 Å². The van der Waals surface area contributed by atoms with Crippen LogP contribution in [-0.4, -0.2) is 17.3 Å². The Bertz CT molecular complexity index is 594. The molecule has 0 bridgehead atoms. The molecule has 102 valence electrons. The number of anilines is 1. The minimum Gasteiger partial charge on any atom is -0.496 e. The highest BCUT2D eigenvalue weighted by atomic mass is 16.5. The summed E-state index contributed by atoms with van der Waals surface area (Å²) in [4.78, 5) is 0. The molecular weight excluding hydrogens is 238 g/mol. The molecule has 0 unspecified atom stereocenters. The van der Waals surface area contributed by atoms with Crippen LogP contribution in [-0.2, 0) is 5.41 Å². The molecule has 1 aromatic heterocycles. The van der Waals surface area contributed by atoms with Crippen molar-refractivity contribution in [2.45, 2.75) is 33.1 Å². The normalized spacial score (nSPS) is 11.6. The fourth-order valence-corrected chi connectivity index (χ4v) is 2.28. The summed E-state index contributed by atoms with van der Waals surface area (Å²) < 4.78 is 5.66. The van der Waals surface area contributed by atoms with Crippen LogP contribution in [0.1, 0.15) is 31.9 Å². The summed E-state index contributed by atoms with van der Waals surface area (Å²) in [5.74, 6) is 1.37. The van der Waals surface area contributed by atoms with Crippen LogP contribution in [0.5, 0.6) is 5.75 Å². The number of rotatable bonds is 2. The van der Waals surface area contributed by atoms with Gasteiger partial charge in [0.05, 0.1) is 12.8 Å². The maximum absolute atomic E-state index is 5.70. The second-order valence-electron chi connectivity index (χ2n) is 5.79. The molecule has 3 N–H and O–H groups in total. The molecule has 0 amide bonds. The molecule has 0 spiro atoms. The standard InChI is InChI=1S/C15H21N3O/c1-9-6-7-10(15(2,3)4)14(19-5)13(9)11-8-12(16)18-17-11/h6-8H,1-5H3,(H3,16,17,18). The lowest BCUT2D eigenvalue weighted by atomic mass is 9.83. The van der Waals surface area contributed by atoms with E-state index in [4.69, 9.17) is 10.5 Å². The summed E-state index contributed by atoms with van der Waals surface area (Å²) in [6.07, 6.45) is 0. The van der Waals surface area contributed by atoms with Gasteiger partial charge in [0.15, 0.2) is 0 Å². The zero-order valence-electron chi connectivity index (χ0n) is 12.2. The first-order valence-electron chi connectivity index (χ1n) is 6.34. The highest BCUT2D eigenvalue weighted by Gasteiger charge is 2.23. The SMILES string of the molecule is COc1c(C(C)(C)C)ccc(C)c1-c1cc(N)n[nH]1. The Balaban J connectivity index is 2.72. The van der Waals surface area contributed by atoms with Crippen molar-refractivity contribution in [3.8, 4) is 17.0 Å². The number of aromatic amines is 1. The second-order valence-corrected chi connectivity index (χ2v) is 5.79. The van der Waals surface area contributed by atoms with Gasteiger partial charge in [-0.3, -0.25) is 5.10 Å². The van der Waals surface area contributed by atoms with Gasteiger partial charge in [-0.1, -0.05) is 32.9 Å². The first kappa shape index (κ1) is 13.5. The quantitative estimate of drug-likeness (QED) is 0.870. The molecule has 0 saturated heterocycles. The number of nitrogen functional groups attached to an aromatic ring is 1. The van der Waals surface area contributed by atoms with Gasteiger partial charge in [0.2, 0.25) is 0 Å². The molecule has 0 aliphatic heterocycles. The monoisotopic (exact) mass is 259 g/mol. The van der Waals surface area contributed by atoms with Crippen LogP contribution in [0.4, 0.5) is 5.82 Å². The van der Waals surface area contributed by atoms with Gasteiger partial charge < -0.3 is 10.5 Å². The van der Waals surface area contributed by atoms with E-state index in [9.17, 15) is 0 Å². The number of ether oxygens (including phenoxy) is 1. The van der Waals surface area contributed by atoms with E-state index in [0.717, 1.165) is 22.6 Å². The number of hydrogen-bond acceptors (Lipinski definition) is 3. The fraction of sp³-hybridized carbons (Fsp3) is 0.400. The number of H-pyrrole nitrogens is 1. The lowest BCUT2D eigenvalue weighted by Gasteiger charge is -2.24. The third-order valence-corrected chi connectivity index (χ3v) is 3.25. The summed E-state index contributed by atoms with van der Waals surface area (Å²) in [5, 5.41) is 6.96. The number of benzene rings is 1. The van der Waals surface area contributed by atoms with Gasteiger partial charge in [-0.25, -0.2) is 0 Å². The predicted molar refractivity (Wildman–Crippen MR) is 78.4 cm³/mol. The Labute approximate surface area is 114 Å². The van der Waals surface area contributed by atoms with Crippen molar-refractivity contribution in [2.75, 3.05) is 12.8 Å². The average molecular weight is 259 g/mol. The minimum atomic E-state index is 0.0133. The van der Waals surface area contributed by atoms with E-state index in [0.29, 0.717) is 5.82 Å². The third-order valence-electron chi connectivity index (χ3n) is 3.25. The van der Waals surface area contributed by atoms with E-state index in [1.54, 1.807) is 7.11 Å². The summed E-state index contributed by atoms with van der Waals surface area (Å²) in [6.45, 7) is 8.57. The van der Waals surface area contributed by atoms with Crippen molar-refractivity contribution in [1.82, 2.24) is 10.2 Å². The average Bonchev–Trinajstić information content (AvgIpc) is 2.73. The summed E-state index contributed by atoms with van der Waals surface area (Å²) in [7, 11) is 1.70. The van der Waals surface area contributed by atoms with E-state index in [-0.39, 0.29) is 5.41 Å². The number of aryl methyl sites for hydroxylation is 1. The molecule has 0 atom stereocenters. The fourth-order valence-electron chi connectivity index (χ4n) is 2.28. The maximum Gasteiger partial charge on any atom is 0.145 e. The zero-order chi connectivity index (χ0) is 14.2. The Hall–Kier alpha value is -1.97. The van der Waals surface area contributed by atoms with E-state index < -0.39 is 0 Å². The lowest BCUT2D eigenvalue weighted by Crippen LogP contribution is -2.13. The van der Waals surface area contributed by atoms with Crippen molar-refractivity contribution in [3.05, 3.63) is 29.3 Å². The first-order chi connectivity index (χ1) is 8.84. The molecule has 0 radical (unpaired) electrons. The topological polar surface area (TPSA) is 63.9 Å². The first-order valence-corrected chi connectivity index (χ1v) is 6.34. The Morgan fingerprint density at radius 1 is 1.26 bits per heavy atom. The number of nitrogens with one attached hydrogen (secondary N) is 1. The number of methoxy groups -OCH3 is 1. The molecule has 4 heteroatoms. The van der Waals surface area contributed by atoms with Gasteiger partial charge in [0.25, 0.3) is 0 Å². The van der Waals surface area contributed by atoms with Crippen LogP contribution in [0.2, 0.25) is 0 Å². The molecule has 4 nitrogen and oxygen atoms in total. The Kier molecular flexibility index (Phi) is 3.27. The summed E-state index contributed by atoms with van der Waals surface area (Å²) in [5.41, 5.74) is 9.93. The molecule has 0 fully saturated rings. The van der Waals surface area contributed by atoms with Gasteiger partial charge in [0, 0.05) is 17.2 Å². The highest BCUT2D eigenvalue weighted by Crippen LogP contribution is 2.40. The molecular formula is C15H21N3O. The Morgan fingerprint density at radius 3 is 2.42 bits per heavy atom. The van der Waals surface area contributed by atoms with E-state index in [2.05, 4.69) is 50.0 Å². The van der Waals surface area contributed by atoms with Crippen molar-refractivity contribution < 1.29 is 4.74 Å². The molecule has 2 aromatic rings. The number of nitrogens with zero attached hydrogens (tertiary/aromatic N) is 1. The van der Waals surface area contributed by atoms with Crippen LogP contribution in [0.15, 0.2) is 18.2 Å². The Morgan fingerprint density at radius 2 is 1.95 bits per heavy atom. The second kappa shape index (κ2) is 4.61. The zero-order valence-corrected chi connectivity index (χ0v) is 12.2. The van der Waals surface area contributed by atoms with Crippen molar-refractivity contribution >= 4 is 5.82 Å². The third kappa shape index (κ3) is 2.43. The van der Waals surface area contributed by atoms with Gasteiger partial charge in [0.1, 0.15) is 11.6 Å². The lowest BCUT2D eigenvalue weighted by molar-refractivity contribution is 0.399. The highest BCUT2D eigenvalue weighted by molar-refractivity contribution is 5.74. The van der Waals surface area contributed by atoms with Gasteiger partial charge >= 0.3 is 0 Å². The van der Waals surface area contributed by atoms with E-state index >= 15 is 0 Å². The summed E-state index contributed by atoms with van der Waals surface area (Å²) >= 11 is 0. The summed E-state index contributed by atoms with van der Waals surface area (Å²) in [6, 6.07) is 6.06. The molecule has 19 heavy (non-hydrogen) atoms. The maximum atomic E-state index is 5.70. The molecule has 1 heterocycles. The molecule has 0 aliphatic carbocycles. The van der Waals surface area contributed by atoms with Gasteiger partial charge in [-0.05, 0) is 17.9 Å². The van der Waals surface area contributed by atoms with E-state index in [1.165, 1.54) is 5.56 Å². The van der Waals surface area contributed by atoms with Crippen LogP contribution >= 0.6 is 0 Å². The predicted octanol–water partition coefficient (Wildman–Crippen LogP) is 3.27. The van der Waals surface area contributed by atoms with Crippen LogP contribution in [0, 0.1) is 6.92 Å². The number of nitrogens with two attached hydrogens (primary N) is 1. The molecule has 0 aliphatic rings. The molecule has 1 aromatic carbocycles. The van der Waals surface area contributed by atoms with Gasteiger partial charge in [-0.2, -0.15) is 5.10 Å². The van der Waals surface area contributed by atoms with Crippen molar-refractivity contribution in [1.29, 1.82) is 0 Å². The smallest absolute Gasteiger partial charge is 0.145 e. The minimum absolute atomic E-state index is 0.0133. The van der Waals surface area contributed by atoms with Crippen molar-refractivity contribution in [2.24, 2.45) is 0 Å².